The highest BCUT2D eigenvalue weighted by Crippen LogP contribution is 2.42. The van der Waals surface area contributed by atoms with Gasteiger partial charge in [-0.2, -0.15) is 0 Å². The Morgan fingerprint density at radius 2 is 0.932 bits per heavy atom. The molecule has 0 fully saturated rings. The lowest BCUT2D eigenvalue weighted by Gasteiger charge is -2.32. The standard InChI is InChI=1S/C56H37NO2/c1-2-12-40-35-56-51(32-39(40)11-1)50-34-42(25-31-55(50)59-56)47-15-5-7-18-52(47)57(44-28-22-38(23-29-44)46-17-9-13-37-10-3-4-14-45(37)46)43-26-20-36(21-27-43)41-24-30-54-49(33-41)48-16-6-8-19-53(48)58-54/h1-6,8-17,19-35H,7,18H2. The summed E-state index contributed by atoms with van der Waals surface area (Å²) < 4.78 is 12.6. The minimum Gasteiger partial charge on any atom is -0.456 e. The van der Waals surface area contributed by atoms with Crippen LogP contribution >= 0.6 is 0 Å². The fourth-order valence-electron chi connectivity index (χ4n) is 9.21. The van der Waals surface area contributed by atoms with E-state index in [-0.39, 0.29) is 0 Å². The van der Waals surface area contributed by atoms with Crippen LogP contribution < -0.4 is 4.90 Å². The maximum absolute atomic E-state index is 6.43. The topological polar surface area (TPSA) is 29.5 Å². The Labute approximate surface area is 341 Å². The quantitative estimate of drug-likeness (QED) is 0.169. The van der Waals surface area contributed by atoms with E-state index in [1.54, 1.807) is 0 Å². The van der Waals surface area contributed by atoms with Crippen molar-refractivity contribution >= 4 is 82.4 Å². The average Bonchev–Trinajstić information content (AvgIpc) is 3.86. The molecule has 0 saturated carbocycles. The molecular formula is C56H37NO2. The van der Waals surface area contributed by atoms with Crippen LogP contribution in [0.3, 0.4) is 0 Å². The number of para-hydroxylation sites is 1. The highest BCUT2D eigenvalue weighted by atomic mass is 16.3. The predicted octanol–water partition coefficient (Wildman–Crippen LogP) is 16.0. The van der Waals surface area contributed by atoms with Crippen molar-refractivity contribution in [3.8, 4) is 22.3 Å². The molecule has 0 aliphatic heterocycles. The molecular weight excluding hydrogens is 719 g/mol. The summed E-state index contributed by atoms with van der Waals surface area (Å²) in [6.07, 6.45) is 6.49. The summed E-state index contributed by atoms with van der Waals surface area (Å²) in [7, 11) is 0. The van der Waals surface area contributed by atoms with Crippen molar-refractivity contribution in [3.05, 3.63) is 211 Å². The van der Waals surface area contributed by atoms with Crippen molar-refractivity contribution in [2.24, 2.45) is 0 Å². The summed E-state index contributed by atoms with van der Waals surface area (Å²) >= 11 is 0. The Bertz CT molecular complexity index is 3480. The molecule has 0 saturated heterocycles. The smallest absolute Gasteiger partial charge is 0.136 e. The van der Waals surface area contributed by atoms with E-state index >= 15 is 0 Å². The van der Waals surface area contributed by atoms with Crippen LogP contribution in [0.2, 0.25) is 0 Å². The number of rotatable bonds is 6. The van der Waals surface area contributed by atoms with E-state index in [2.05, 4.69) is 193 Å². The number of fused-ring (bicyclic) bond motifs is 8. The second-order valence-corrected chi connectivity index (χ2v) is 15.6. The van der Waals surface area contributed by atoms with Crippen molar-refractivity contribution in [3.63, 3.8) is 0 Å². The summed E-state index contributed by atoms with van der Waals surface area (Å²) in [5, 5.41) is 9.44. The third kappa shape index (κ3) is 5.66. The van der Waals surface area contributed by atoms with Crippen molar-refractivity contribution in [2.45, 2.75) is 12.8 Å². The van der Waals surface area contributed by atoms with Crippen LogP contribution in [-0.2, 0) is 0 Å². The second kappa shape index (κ2) is 13.5. The first-order chi connectivity index (χ1) is 29.2. The Kier molecular flexibility index (Phi) is 7.67. The molecule has 3 nitrogen and oxygen atoms in total. The number of nitrogens with zero attached hydrogens (tertiary/aromatic N) is 1. The van der Waals surface area contributed by atoms with E-state index in [1.807, 2.05) is 12.1 Å². The van der Waals surface area contributed by atoms with Crippen LogP contribution in [0.25, 0.3) is 93.2 Å². The van der Waals surface area contributed by atoms with Crippen LogP contribution in [0.4, 0.5) is 11.4 Å². The van der Waals surface area contributed by atoms with Gasteiger partial charge in [0.1, 0.15) is 22.3 Å². The fourth-order valence-corrected chi connectivity index (χ4v) is 9.21. The predicted molar refractivity (Wildman–Crippen MR) is 247 cm³/mol. The molecule has 12 rings (SSSR count). The lowest BCUT2D eigenvalue weighted by molar-refractivity contribution is 0.669. The zero-order valence-corrected chi connectivity index (χ0v) is 32.2. The maximum Gasteiger partial charge on any atom is 0.136 e. The lowest BCUT2D eigenvalue weighted by atomic mass is 9.93. The highest BCUT2D eigenvalue weighted by molar-refractivity contribution is 6.11. The third-order valence-corrected chi connectivity index (χ3v) is 12.1. The van der Waals surface area contributed by atoms with Crippen LogP contribution in [0.5, 0.6) is 0 Å². The fraction of sp³-hybridized carbons (Fsp3) is 0.0357. The van der Waals surface area contributed by atoms with Crippen molar-refractivity contribution in [2.75, 3.05) is 4.90 Å². The van der Waals surface area contributed by atoms with Crippen LogP contribution in [-0.4, -0.2) is 0 Å². The first-order valence-corrected chi connectivity index (χ1v) is 20.4. The van der Waals surface area contributed by atoms with Gasteiger partial charge in [0.15, 0.2) is 0 Å². The van der Waals surface area contributed by atoms with Gasteiger partial charge in [-0.25, -0.2) is 0 Å². The molecule has 0 bridgehead atoms. The number of furan rings is 2. The first-order valence-electron chi connectivity index (χ1n) is 20.4. The zero-order chi connectivity index (χ0) is 38.9. The molecule has 2 aromatic heterocycles. The summed E-state index contributed by atoms with van der Waals surface area (Å²) in [4.78, 5) is 2.47. The van der Waals surface area contributed by atoms with Gasteiger partial charge < -0.3 is 13.7 Å². The Hall–Kier alpha value is -7.62. The van der Waals surface area contributed by atoms with E-state index in [4.69, 9.17) is 8.83 Å². The molecule has 278 valence electrons. The monoisotopic (exact) mass is 755 g/mol. The van der Waals surface area contributed by atoms with Gasteiger partial charge >= 0.3 is 0 Å². The van der Waals surface area contributed by atoms with E-state index in [9.17, 15) is 0 Å². The van der Waals surface area contributed by atoms with Gasteiger partial charge in [-0.1, -0.05) is 133 Å². The van der Waals surface area contributed by atoms with Crippen molar-refractivity contribution in [1.29, 1.82) is 0 Å². The van der Waals surface area contributed by atoms with E-state index in [1.165, 1.54) is 49.5 Å². The highest BCUT2D eigenvalue weighted by Gasteiger charge is 2.22. The molecule has 0 unspecified atom stereocenters. The van der Waals surface area contributed by atoms with Gasteiger partial charge in [0.2, 0.25) is 0 Å². The molecule has 59 heavy (non-hydrogen) atoms. The molecule has 0 spiro atoms. The van der Waals surface area contributed by atoms with Gasteiger partial charge in [-0.3, -0.25) is 0 Å². The van der Waals surface area contributed by atoms with Crippen LogP contribution in [0.1, 0.15) is 18.4 Å². The van der Waals surface area contributed by atoms with Crippen LogP contribution in [0, 0.1) is 0 Å². The number of allylic oxidation sites excluding steroid dienone is 4. The Balaban J connectivity index is 0.999. The van der Waals surface area contributed by atoms with E-state index in [0.29, 0.717) is 0 Å². The lowest BCUT2D eigenvalue weighted by Crippen LogP contribution is -2.19. The van der Waals surface area contributed by atoms with Gasteiger partial charge in [-0.05, 0) is 129 Å². The number of benzene rings is 9. The Morgan fingerprint density at radius 1 is 0.373 bits per heavy atom. The number of anilines is 2. The molecule has 0 atom stereocenters. The Morgan fingerprint density at radius 3 is 1.73 bits per heavy atom. The zero-order valence-electron chi connectivity index (χ0n) is 32.2. The molecule has 0 radical (unpaired) electrons. The van der Waals surface area contributed by atoms with Gasteiger partial charge in [0, 0.05) is 44.2 Å². The van der Waals surface area contributed by atoms with Gasteiger partial charge in [-0.15, -0.1) is 0 Å². The summed E-state index contributed by atoms with van der Waals surface area (Å²) in [5.41, 5.74) is 14.3. The summed E-state index contributed by atoms with van der Waals surface area (Å²) in [6.45, 7) is 0. The van der Waals surface area contributed by atoms with E-state index < -0.39 is 0 Å². The van der Waals surface area contributed by atoms with Crippen molar-refractivity contribution < 1.29 is 8.83 Å². The first kappa shape index (κ1) is 33.5. The molecule has 0 amide bonds. The molecule has 2 heterocycles. The third-order valence-electron chi connectivity index (χ3n) is 12.1. The van der Waals surface area contributed by atoms with E-state index in [0.717, 1.165) is 79.2 Å². The second-order valence-electron chi connectivity index (χ2n) is 15.6. The van der Waals surface area contributed by atoms with Crippen molar-refractivity contribution in [1.82, 2.24) is 0 Å². The number of hydrogen-bond acceptors (Lipinski definition) is 3. The SMILES string of the molecule is C1=CC(c2ccc3oc4cc5ccccc5cc4c3c2)=C(N(c2ccc(-c3ccc4oc5ccccc5c4c3)cc2)c2ccc(-c3cccc4ccccc34)cc2)CC1. The van der Waals surface area contributed by atoms with Crippen LogP contribution in [0.15, 0.2) is 215 Å². The van der Waals surface area contributed by atoms with Gasteiger partial charge in [0.25, 0.3) is 0 Å². The summed E-state index contributed by atoms with van der Waals surface area (Å²) in [6, 6.07) is 67.7. The average molecular weight is 756 g/mol. The molecule has 3 heteroatoms. The summed E-state index contributed by atoms with van der Waals surface area (Å²) in [5.74, 6) is 0. The maximum atomic E-state index is 6.43. The number of hydrogen-bond donors (Lipinski definition) is 0. The largest absolute Gasteiger partial charge is 0.456 e. The molecule has 0 N–H and O–H groups in total. The normalized spacial score (nSPS) is 13.2. The van der Waals surface area contributed by atoms with Gasteiger partial charge in [0.05, 0.1) is 0 Å². The molecule has 1 aliphatic rings. The minimum absolute atomic E-state index is 0.900. The molecule has 1 aliphatic carbocycles. The molecule has 11 aromatic rings. The molecule has 9 aromatic carbocycles. The minimum atomic E-state index is 0.900.